The van der Waals surface area contributed by atoms with Crippen LogP contribution < -0.4 is 0 Å². The first-order chi connectivity index (χ1) is 2.27. The summed E-state index contributed by atoms with van der Waals surface area (Å²) < 4.78 is 4.89. The molecule has 0 aliphatic carbocycles. The van der Waals surface area contributed by atoms with Crippen LogP contribution >= 0.6 is 0 Å². The van der Waals surface area contributed by atoms with E-state index in [2.05, 4.69) is 0 Å². The van der Waals surface area contributed by atoms with Crippen LogP contribution in [0.15, 0.2) is 0 Å². The summed E-state index contributed by atoms with van der Waals surface area (Å²) in [6.07, 6.45) is 0.446. The predicted molar refractivity (Wildman–Crippen MR) is 22.0 cm³/mol. The van der Waals surface area contributed by atoms with E-state index in [0.717, 1.165) is 26.2 Å². The Morgan fingerprint density at radius 2 is 1.80 bits per heavy atom. The van der Waals surface area contributed by atoms with Gasteiger partial charge in [0.05, 0.1) is 0 Å². The average molecular weight is 266 g/mol. The first-order valence-electron chi connectivity index (χ1n) is 1.59. The monoisotopic (exact) mass is 267 g/mol. The molecule has 0 aromatic rings. The van der Waals surface area contributed by atoms with Crippen LogP contribution in [0.4, 0.5) is 0 Å². The topological polar surface area (TPSA) is 9.23 Å². The molecule has 0 aromatic heterocycles. The van der Waals surface area contributed by atoms with Gasteiger partial charge in [0.1, 0.15) is 0 Å². The van der Waals surface area contributed by atoms with E-state index in [4.69, 9.17) is 2.69 Å². The minimum absolute atomic E-state index is 0.446. The van der Waals surface area contributed by atoms with Crippen molar-refractivity contribution in [1.82, 2.24) is 0 Å². The van der Waals surface area contributed by atoms with Crippen molar-refractivity contribution >= 4 is 26.2 Å². The quantitative estimate of drug-likeness (QED) is 0.628. The van der Waals surface area contributed by atoms with Crippen LogP contribution in [0.2, 0.25) is 0 Å². The van der Waals surface area contributed by atoms with Crippen molar-refractivity contribution in [3.63, 3.8) is 0 Å². The third-order valence-electron chi connectivity index (χ3n) is 0.236. The van der Waals surface area contributed by atoms with Crippen LogP contribution in [0.25, 0.3) is 0 Å². The molecule has 0 unspecified atom stereocenters. The maximum absolute atomic E-state index is 4.89. The zero-order valence-corrected chi connectivity index (χ0v) is 7.37. The Morgan fingerprint density at radius 1 is 1.60 bits per heavy atom. The Bertz CT molecular complexity index is 20.9. The van der Waals surface area contributed by atoms with Gasteiger partial charge >= 0.3 is 48.9 Å². The van der Waals surface area contributed by atoms with Crippen molar-refractivity contribution in [2.75, 3.05) is 0 Å². The molecule has 5 heavy (non-hydrogen) atoms. The zero-order chi connectivity index (χ0) is 4.28. The second-order valence-electron chi connectivity index (χ2n) is 1.17. The van der Waals surface area contributed by atoms with Gasteiger partial charge < -0.3 is 0 Å². The molecule has 0 rings (SSSR count). The SMILES string of the molecule is CC(C)[O][Pb]. The molecule has 3 radical (unpaired) electrons. The summed E-state index contributed by atoms with van der Waals surface area (Å²) in [5.41, 5.74) is 0. The van der Waals surface area contributed by atoms with Gasteiger partial charge in [-0.3, -0.25) is 0 Å². The molecule has 2 heteroatoms. The Hall–Kier alpha value is 0.882. The summed E-state index contributed by atoms with van der Waals surface area (Å²) in [6, 6.07) is 0. The Kier molecular flexibility index (Phi) is 3.63. The third-order valence-corrected chi connectivity index (χ3v) is 2.07. The molecule has 0 fully saturated rings. The molecule has 0 amide bonds. The van der Waals surface area contributed by atoms with E-state index in [9.17, 15) is 0 Å². The van der Waals surface area contributed by atoms with E-state index in [0.29, 0.717) is 6.10 Å². The first kappa shape index (κ1) is 5.88. The molecule has 29 valence electrons. The molecule has 0 heterocycles. The van der Waals surface area contributed by atoms with Gasteiger partial charge in [0.2, 0.25) is 0 Å². The Labute approximate surface area is 49.0 Å². The van der Waals surface area contributed by atoms with Crippen LogP contribution in [-0.2, 0) is 2.69 Å². The molecule has 0 saturated heterocycles. The molecule has 0 aromatic carbocycles. The van der Waals surface area contributed by atoms with Crippen molar-refractivity contribution < 1.29 is 2.69 Å². The van der Waals surface area contributed by atoms with E-state index in [1.54, 1.807) is 0 Å². The van der Waals surface area contributed by atoms with Gasteiger partial charge in [0, 0.05) is 0 Å². The van der Waals surface area contributed by atoms with Crippen molar-refractivity contribution in [2.45, 2.75) is 20.0 Å². The van der Waals surface area contributed by atoms with Gasteiger partial charge in [0.25, 0.3) is 0 Å². The predicted octanol–water partition coefficient (Wildman–Crippen LogP) is 0.495. The van der Waals surface area contributed by atoms with Gasteiger partial charge in [-0.1, -0.05) is 0 Å². The molecule has 0 atom stereocenters. The standard InChI is InChI=1S/C3H7O.Pb/c1-3(2)4;/h3H,1-2H3;/q-1;+1. The summed E-state index contributed by atoms with van der Waals surface area (Å²) in [5, 5.41) is 0. The van der Waals surface area contributed by atoms with Crippen LogP contribution in [-0.4, -0.2) is 32.3 Å². The first-order valence-corrected chi connectivity index (χ1v) is 3.18. The number of hydrogen-bond acceptors (Lipinski definition) is 1. The van der Waals surface area contributed by atoms with Crippen molar-refractivity contribution in [2.24, 2.45) is 0 Å². The summed E-state index contributed by atoms with van der Waals surface area (Å²) in [7, 11) is 0. The average Bonchev–Trinajstić information content (AvgIpc) is 1.38. The van der Waals surface area contributed by atoms with Crippen LogP contribution in [0.3, 0.4) is 0 Å². The van der Waals surface area contributed by atoms with Gasteiger partial charge in [-0.15, -0.1) is 0 Å². The van der Waals surface area contributed by atoms with Crippen molar-refractivity contribution in [1.29, 1.82) is 0 Å². The molecular formula is C3H7OPb. The van der Waals surface area contributed by atoms with Gasteiger partial charge in [-0.05, 0) is 0 Å². The second kappa shape index (κ2) is 3.09. The van der Waals surface area contributed by atoms with Gasteiger partial charge in [-0.2, -0.15) is 0 Å². The maximum atomic E-state index is 4.89. The van der Waals surface area contributed by atoms with Crippen LogP contribution in [0.5, 0.6) is 0 Å². The van der Waals surface area contributed by atoms with Crippen molar-refractivity contribution in [3.05, 3.63) is 0 Å². The van der Waals surface area contributed by atoms with E-state index >= 15 is 0 Å². The normalized spacial score (nSPS) is 9.60. The molecule has 0 aliphatic rings. The van der Waals surface area contributed by atoms with Crippen molar-refractivity contribution in [3.8, 4) is 0 Å². The molecule has 0 saturated carbocycles. The van der Waals surface area contributed by atoms with E-state index in [1.165, 1.54) is 0 Å². The summed E-state index contributed by atoms with van der Waals surface area (Å²) in [6.45, 7) is 4.07. The zero-order valence-electron chi connectivity index (χ0n) is 3.49. The summed E-state index contributed by atoms with van der Waals surface area (Å²) in [4.78, 5) is 0. The summed E-state index contributed by atoms with van der Waals surface area (Å²) in [5.74, 6) is 0. The van der Waals surface area contributed by atoms with Crippen LogP contribution in [0.1, 0.15) is 13.8 Å². The molecule has 0 N–H and O–H groups in total. The number of rotatable bonds is 1. The molecule has 0 bridgehead atoms. The Morgan fingerprint density at radius 3 is 1.80 bits per heavy atom. The van der Waals surface area contributed by atoms with Crippen LogP contribution in [0, 0.1) is 0 Å². The molecule has 1 nitrogen and oxygen atoms in total. The minimum atomic E-state index is 0.446. The third kappa shape index (κ3) is 4.88. The van der Waals surface area contributed by atoms with E-state index in [1.807, 2.05) is 13.8 Å². The van der Waals surface area contributed by atoms with Gasteiger partial charge in [-0.25, -0.2) is 0 Å². The molecule has 0 aliphatic heterocycles. The fourth-order valence-electron chi connectivity index (χ4n) is 0. The Balaban J connectivity index is 2.54. The second-order valence-corrected chi connectivity index (χ2v) is 2.08. The van der Waals surface area contributed by atoms with Gasteiger partial charge in [0.15, 0.2) is 0 Å². The van der Waals surface area contributed by atoms with E-state index < -0.39 is 0 Å². The van der Waals surface area contributed by atoms with E-state index in [-0.39, 0.29) is 0 Å². The molecular weight excluding hydrogens is 259 g/mol. The molecule has 0 spiro atoms. The summed E-state index contributed by atoms with van der Waals surface area (Å²) >= 11 is 0.873. The fourth-order valence-corrected chi connectivity index (χ4v) is 0. The fraction of sp³-hybridized carbons (Fsp3) is 1.00. The number of hydrogen-bond donors (Lipinski definition) is 0.